The third-order valence-electron chi connectivity index (χ3n) is 2.04. The Morgan fingerprint density at radius 3 is 2.46 bits per heavy atom. The first-order chi connectivity index (χ1) is 5.90. The molecule has 0 aliphatic rings. The fourth-order valence-corrected chi connectivity index (χ4v) is 1.84. The number of halogens is 1. The molecule has 0 atom stereocenters. The van der Waals surface area contributed by atoms with E-state index in [-0.39, 0.29) is 0 Å². The van der Waals surface area contributed by atoms with Gasteiger partial charge in [0.15, 0.2) is 0 Å². The molecule has 2 nitrogen and oxygen atoms in total. The lowest BCUT2D eigenvalue weighted by Crippen LogP contribution is -1.99. The monoisotopic (exact) mass is 202 g/mol. The van der Waals surface area contributed by atoms with Gasteiger partial charge in [-0.2, -0.15) is 8.42 Å². The Balaban J connectivity index is 3.10. The molecule has 0 aromatic heterocycles. The van der Waals surface area contributed by atoms with E-state index in [2.05, 4.69) is 0 Å². The lowest BCUT2D eigenvalue weighted by Gasteiger charge is -2.05. The molecule has 13 heavy (non-hydrogen) atoms. The first-order valence-corrected chi connectivity index (χ1v) is 5.43. The van der Waals surface area contributed by atoms with Crippen LogP contribution in [0.4, 0.5) is 3.89 Å². The van der Waals surface area contributed by atoms with Crippen molar-refractivity contribution < 1.29 is 12.3 Å². The maximum absolute atomic E-state index is 12.4. The van der Waals surface area contributed by atoms with E-state index in [0.717, 1.165) is 11.1 Å². The number of hydrogen-bond acceptors (Lipinski definition) is 2. The van der Waals surface area contributed by atoms with Gasteiger partial charge >= 0.3 is 10.2 Å². The van der Waals surface area contributed by atoms with Crippen LogP contribution >= 0.6 is 0 Å². The van der Waals surface area contributed by atoms with Crippen LogP contribution in [-0.2, 0) is 16.0 Å². The zero-order valence-electron chi connectivity index (χ0n) is 7.54. The maximum atomic E-state index is 12.4. The number of hydrogen-bond donors (Lipinski definition) is 0. The average molecular weight is 202 g/mol. The summed E-state index contributed by atoms with van der Waals surface area (Å²) < 4.78 is 33.2. The quantitative estimate of drug-likeness (QED) is 0.688. The highest BCUT2D eigenvalue weighted by Gasteiger charge is 2.11. The van der Waals surface area contributed by atoms with Gasteiger partial charge in [0.2, 0.25) is 0 Å². The average Bonchev–Trinajstić information content (AvgIpc) is 1.96. The zero-order valence-corrected chi connectivity index (χ0v) is 8.36. The molecule has 0 spiro atoms. The van der Waals surface area contributed by atoms with Gasteiger partial charge in [0.05, 0.1) is 0 Å². The van der Waals surface area contributed by atoms with E-state index in [1.807, 2.05) is 13.0 Å². The van der Waals surface area contributed by atoms with Gasteiger partial charge in [-0.15, -0.1) is 3.89 Å². The molecule has 0 radical (unpaired) electrons. The van der Waals surface area contributed by atoms with Gasteiger partial charge < -0.3 is 0 Å². The Kier molecular flexibility index (Phi) is 2.71. The van der Waals surface area contributed by atoms with Crippen molar-refractivity contribution in [1.82, 2.24) is 0 Å². The smallest absolute Gasteiger partial charge is 0.194 e. The molecule has 0 fully saturated rings. The Morgan fingerprint density at radius 1 is 1.31 bits per heavy atom. The van der Waals surface area contributed by atoms with Crippen molar-refractivity contribution in [3.05, 3.63) is 34.9 Å². The van der Waals surface area contributed by atoms with E-state index >= 15 is 0 Å². The molecule has 0 heterocycles. The summed E-state index contributed by atoms with van der Waals surface area (Å²) in [6.45, 7) is 3.65. The van der Waals surface area contributed by atoms with E-state index in [9.17, 15) is 12.3 Å². The van der Waals surface area contributed by atoms with Crippen molar-refractivity contribution in [3.8, 4) is 0 Å². The molecular weight excluding hydrogens is 191 g/mol. The third-order valence-corrected chi connectivity index (χ3v) is 2.70. The Hall–Kier alpha value is -0.900. The van der Waals surface area contributed by atoms with Crippen LogP contribution < -0.4 is 0 Å². The molecule has 0 aliphatic heterocycles. The summed E-state index contributed by atoms with van der Waals surface area (Å²) in [5, 5.41) is 0. The normalized spacial score (nSPS) is 11.6. The van der Waals surface area contributed by atoms with Crippen molar-refractivity contribution in [1.29, 1.82) is 0 Å². The molecule has 0 unspecified atom stereocenters. The van der Waals surface area contributed by atoms with Crippen molar-refractivity contribution >= 4 is 10.2 Å². The zero-order chi connectivity index (χ0) is 10.1. The standard InChI is InChI=1S/C9H11FO2S/c1-7-4-3-5-9(8(7)2)6-13(10,11)12/h3-5H,6H2,1-2H3. The Bertz CT molecular complexity index is 410. The van der Waals surface area contributed by atoms with Crippen LogP contribution in [0, 0.1) is 13.8 Å². The third kappa shape index (κ3) is 2.81. The highest BCUT2D eigenvalue weighted by Crippen LogP contribution is 2.15. The maximum Gasteiger partial charge on any atom is 0.306 e. The van der Waals surface area contributed by atoms with Gasteiger partial charge in [-0.05, 0) is 30.5 Å². The van der Waals surface area contributed by atoms with Crippen molar-refractivity contribution in [3.63, 3.8) is 0 Å². The molecule has 0 amide bonds. The Morgan fingerprint density at radius 2 is 1.92 bits per heavy atom. The molecule has 4 heteroatoms. The lowest BCUT2D eigenvalue weighted by atomic mass is 10.1. The van der Waals surface area contributed by atoms with Crippen molar-refractivity contribution in [2.24, 2.45) is 0 Å². The summed E-state index contributed by atoms with van der Waals surface area (Å²) in [5.74, 6) is -0.527. The van der Waals surface area contributed by atoms with Gasteiger partial charge in [0, 0.05) is 0 Å². The van der Waals surface area contributed by atoms with Crippen molar-refractivity contribution in [2.45, 2.75) is 19.6 Å². The van der Waals surface area contributed by atoms with Gasteiger partial charge in [0.1, 0.15) is 5.75 Å². The fourth-order valence-electron chi connectivity index (χ4n) is 1.15. The summed E-state index contributed by atoms with van der Waals surface area (Å²) >= 11 is 0. The molecule has 1 rings (SSSR count). The van der Waals surface area contributed by atoms with Gasteiger partial charge in [-0.25, -0.2) is 0 Å². The summed E-state index contributed by atoms with van der Waals surface area (Å²) in [5.41, 5.74) is 2.34. The minimum atomic E-state index is -4.42. The second-order valence-electron chi connectivity index (χ2n) is 3.04. The minimum absolute atomic E-state index is 0.527. The highest BCUT2D eigenvalue weighted by molar-refractivity contribution is 7.85. The van der Waals surface area contributed by atoms with Gasteiger partial charge in [0.25, 0.3) is 0 Å². The minimum Gasteiger partial charge on any atom is -0.194 e. The first kappa shape index (κ1) is 10.2. The fraction of sp³-hybridized carbons (Fsp3) is 0.333. The molecule has 0 saturated heterocycles. The molecule has 0 saturated carbocycles. The second kappa shape index (κ2) is 3.46. The lowest BCUT2D eigenvalue weighted by molar-refractivity contribution is 0.551. The summed E-state index contributed by atoms with van der Waals surface area (Å²) in [6.07, 6.45) is 0. The molecular formula is C9H11FO2S. The van der Waals surface area contributed by atoms with Gasteiger partial charge in [-0.3, -0.25) is 0 Å². The molecule has 1 aromatic rings. The van der Waals surface area contributed by atoms with Crippen LogP contribution in [0.5, 0.6) is 0 Å². The first-order valence-electron chi connectivity index (χ1n) is 3.87. The Labute approximate surface area is 77.6 Å². The SMILES string of the molecule is Cc1cccc(CS(=O)(=O)F)c1C. The van der Waals surface area contributed by atoms with Crippen LogP contribution in [0.25, 0.3) is 0 Å². The molecule has 0 aliphatic carbocycles. The van der Waals surface area contributed by atoms with Crippen LogP contribution in [0.1, 0.15) is 16.7 Å². The predicted octanol–water partition coefficient (Wildman–Crippen LogP) is 2.10. The summed E-state index contributed by atoms with van der Waals surface area (Å²) in [6, 6.07) is 5.21. The number of benzene rings is 1. The van der Waals surface area contributed by atoms with Crippen LogP contribution in [-0.4, -0.2) is 8.42 Å². The predicted molar refractivity (Wildman–Crippen MR) is 49.6 cm³/mol. The second-order valence-corrected chi connectivity index (χ2v) is 4.41. The summed E-state index contributed by atoms with van der Waals surface area (Å²) in [4.78, 5) is 0. The van der Waals surface area contributed by atoms with E-state index < -0.39 is 16.0 Å². The van der Waals surface area contributed by atoms with Crippen molar-refractivity contribution in [2.75, 3.05) is 0 Å². The number of aryl methyl sites for hydroxylation is 1. The van der Waals surface area contributed by atoms with E-state index in [1.54, 1.807) is 19.1 Å². The van der Waals surface area contributed by atoms with E-state index in [4.69, 9.17) is 0 Å². The number of rotatable bonds is 2. The van der Waals surface area contributed by atoms with Crippen LogP contribution in [0.15, 0.2) is 18.2 Å². The molecule has 0 N–H and O–H groups in total. The largest absolute Gasteiger partial charge is 0.306 e. The topological polar surface area (TPSA) is 34.1 Å². The van der Waals surface area contributed by atoms with Crippen LogP contribution in [0.3, 0.4) is 0 Å². The van der Waals surface area contributed by atoms with Gasteiger partial charge in [-0.1, -0.05) is 18.2 Å². The molecule has 1 aromatic carbocycles. The van der Waals surface area contributed by atoms with E-state index in [1.165, 1.54) is 0 Å². The van der Waals surface area contributed by atoms with E-state index in [0.29, 0.717) is 5.56 Å². The highest BCUT2D eigenvalue weighted by atomic mass is 32.3. The summed E-state index contributed by atoms with van der Waals surface area (Å²) in [7, 11) is -4.42. The van der Waals surface area contributed by atoms with Crippen LogP contribution in [0.2, 0.25) is 0 Å². The molecule has 72 valence electrons. The molecule has 0 bridgehead atoms.